The quantitative estimate of drug-likeness (QED) is 0.145. The van der Waals surface area contributed by atoms with Gasteiger partial charge in [0.25, 0.3) is 0 Å². The van der Waals surface area contributed by atoms with Crippen LogP contribution in [0, 0.1) is 12.3 Å². The summed E-state index contributed by atoms with van der Waals surface area (Å²) in [4.78, 5) is 25.0. The molecular weight excluding hydrogens is 703 g/mol. The van der Waals surface area contributed by atoms with Crippen molar-refractivity contribution in [1.82, 2.24) is 4.98 Å². The molecule has 0 spiro atoms. The predicted octanol–water partition coefficient (Wildman–Crippen LogP) is 5.15. The molecule has 1 aromatic carbocycles. The van der Waals surface area contributed by atoms with Crippen LogP contribution in [0.15, 0.2) is 56.8 Å². The van der Waals surface area contributed by atoms with E-state index < -0.39 is 37.8 Å². The summed E-state index contributed by atoms with van der Waals surface area (Å²) >= 11 is 6.46. The van der Waals surface area contributed by atoms with E-state index in [9.17, 15) is 30.6 Å². The van der Waals surface area contributed by atoms with E-state index in [4.69, 9.17) is 21.0 Å². The number of benzene rings is 1. The number of carboxylic acids is 1. The maximum Gasteiger partial charge on any atom is 0.490 e. The molecule has 0 aliphatic rings. The first kappa shape index (κ1) is 33.7. The third-order valence-corrected chi connectivity index (χ3v) is 13.3. The third-order valence-electron chi connectivity index (χ3n) is 4.25. The summed E-state index contributed by atoms with van der Waals surface area (Å²) in [5.41, 5.74) is 5.76. The first-order valence-corrected chi connectivity index (χ1v) is 16.8. The van der Waals surface area contributed by atoms with Crippen molar-refractivity contribution in [3.05, 3.63) is 45.4 Å². The number of anilines is 1. The summed E-state index contributed by atoms with van der Waals surface area (Å²) in [6.07, 6.45) is -3.33. The Bertz CT molecular complexity index is 1690. The molecule has 40 heavy (non-hydrogen) atoms. The number of hydrogen-bond acceptors (Lipinski definition) is 10. The smallest absolute Gasteiger partial charge is 0.475 e. The van der Waals surface area contributed by atoms with Crippen molar-refractivity contribution >= 4 is 93.0 Å². The zero-order valence-electron chi connectivity index (χ0n) is 20.4. The van der Waals surface area contributed by atoms with E-state index in [0.717, 1.165) is 22.7 Å². The molecule has 0 radical (unpaired) electrons. The number of hydrogen-bond donors (Lipinski definition) is 4. The normalized spacial score (nSPS) is 13.0. The average molecular weight is 723 g/mol. The number of nitrogens with zero attached hydrogens (tertiary/aromatic N) is 2. The van der Waals surface area contributed by atoms with E-state index >= 15 is 0 Å². The topological polar surface area (TPSA) is 193 Å². The largest absolute Gasteiger partial charge is 0.490 e. The number of aliphatic carboxylic acids is 1. The minimum atomic E-state index is -5.08. The van der Waals surface area contributed by atoms with Gasteiger partial charge in [-0.2, -0.15) is 21.6 Å². The van der Waals surface area contributed by atoms with Crippen LogP contribution in [0.3, 0.4) is 0 Å². The fourth-order valence-corrected chi connectivity index (χ4v) is 11.3. The summed E-state index contributed by atoms with van der Waals surface area (Å²) in [6.45, 7) is 2.75. The lowest BCUT2D eigenvalue weighted by atomic mass is 10.4. The highest BCUT2D eigenvalue weighted by Gasteiger charge is 2.38. The minimum absolute atomic E-state index is 0.0990. The van der Waals surface area contributed by atoms with Crippen LogP contribution in [0.2, 0.25) is 0 Å². The highest BCUT2D eigenvalue weighted by atomic mass is 79.9. The van der Waals surface area contributed by atoms with Crippen LogP contribution < -0.4 is 11.1 Å². The second-order valence-corrected chi connectivity index (χ2v) is 15.5. The molecule has 20 heteroatoms. The number of thiazole rings is 1. The number of rotatable bonds is 7. The second kappa shape index (κ2) is 13.0. The monoisotopic (exact) mass is 721 g/mol. The van der Waals surface area contributed by atoms with Gasteiger partial charge in [-0.25, -0.2) is 14.0 Å². The molecule has 11 nitrogen and oxygen atoms in total. The number of carbonyl (C=O) groups excluding carboxylic acids is 1. The van der Waals surface area contributed by atoms with Crippen LogP contribution in [0.1, 0.15) is 17.5 Å². The Morgan fingerprint density at radius 1 is 1.23 bits per heavy atom. The van der Waals surface area contributed by atoms with Gasteiger partial charge >= 0.3 is 22.2 Å². The van der Waals surface area contributed by atoms with Crippen LogP contribution in [-0.4, -0.2) is 52.9 Å². The number of amidine groups is 1. The van der Waals surface area contributed by atoms with Crippen molar-refractivity contribution in [3.8, 4) is 0 Å². The van der Waals surface area contributed by atoms with Gasteiger partial charge in [0.05, 0.1) is 24.6 Å². The molecule has 0 saturated heterocycles. The zero-order chi connectivity index (χ0) is 30.6. The molecule has 3 rings (SSSR count). The van der Waals surface area contributed by atoms with Gasteiger partial charge in [-0.3, -0.25) is 10.2 Å². The number of carboxylic acid groups (broad SMARTS) is 1. The lowest BCUT2D eigenvalue weighted by Gasteiger charge is -2.11. The van der Waals surface area contributed by atoms with Crippen molar-refractivity contribution in [2.75, 3.05) is 11.6 Å². The highest BCUT2D eigenvalue weighted by Crippen LogP contribution is 2.40. The van der Waals surface area contributed by atoms with Gasteiger partial charge in [0.2, 0.25) is 5.91 Å². The molecule has 0 aliphatic heterocycles. The number of thioether (sulfide) groups is 1. The van der Waals surface area contributed by atoms with Gasteiger partial charge in [0, 0.05) is 11.4 Å². The molecule has 0 bridgehead atoms. The lowest BCUT2D eigenvalue weighted by Crippen LogP contribution is -2.21. The van der Waals surface area contributed by atoms with Crippen LogP contribution >= 0.6 is 50.4 Å². The summed E-state index contributed by atoms with van der Waals surface area (Å²) in [5.74, 6) is -3.38. The van der Waals surface area contributed by atoms with Crippen molar-refractivity contribution < 1.29 is 40.5 Å². The van der Waals surface area contributed by atoms with Crippen LogP contribution in [0.25, 0.3) is 0 Å². The number of nitrogen functional groups attached to an aromatic ring is 1. The molecule has 2 heterocycles. The van der Waals surface area contributed by atoms with E-state index in [1.165, 1.54) is 37.7 Å². The standard InChI is InChI=1S/C18H18BrN5O4S5.C2HF3O2/c1-9-17(31-18(22-9)23-10(2)25)33(27,28)24-32(26,12-6-4-5-11(19)7-12)14-8-13(15(20)21)30-16(14)29-3;3-2(4,5)1(6)7/h4-8H,1-3H3,(H3,20,21)(H,22,23,25);(H,6,7). The number of halogens is 4. The molecule has 1 amide bonds. The molecule has 5 N–H and O–H groups in total. The molecule has 218 valence electrons. The van der Waals surface area contributed by atoms with Gasteiger partial charge < -0.3 is 16.2 Å². The van der Waals surface area contributed by atoms with Crippen molar-refractivity contribution in [2.24, 2.45) is 9.50 Å². The second-order valence-electron chi connectivity index (χ2n) is 7.29. The van der Waals surface area contributed by atoms with Crippen LogP contribution in [0.5, 0.6) is 0 Å². The van der Waals surface area contributed by atoms with Crippen LogP contribution in [-0.2, 0) is 29.3 Å². The first-order chi connectivity index (χ1) is 18.3. The Hall–Kier alpha value is -2.52. The van der Waals surface area contributed by atoms with Crippen molar-refractivity contribution in [2.45, 2.75) is 38.2 Å². The first-order valence-electron chi connectivity index (χ1n) is 10.2. The Morgan fingerprint density at radius 3 is 2.30 bits per heavy atom. The van der Waals surface area contributed by atoms with E-state index in [1.54, 1.807) is 24.5 Å². The van der Waals surface area contributed by atoms with Gasteiger partial charge in [0.1, 0.15) is 15.6 Å². The number of alkyl halides is 3. The minimum Gasteiger partial charge on any atom is -0.475 e. The van der Waals surface area contributed by atoms with Gasteiger partial charge in [0.15, 0.2) is 9.34 Å². The summed E-state index contributed by atoms with van der Waals surface area (Å²) in [7, 11) is -8.18. The fourth-order valence-electron chi connectivity index (χ4n) is 2.67. The molecule has 0 aliphatic carbocycles. The molecule has 3 aromatic rings. The maximum atomic E-state index is 14.5. The van der Waals surface area contributed by atoms with E-state index in [1.807, 2.05) is 0 Å². The number of carbonyl (C=O) groups is 2. The van der Waals surface area contributed by atoms with Crippen molar-refractivity contribution in [3.63, 3.8) is 0 Å². The predicted molar refractivity (Wildman–Crippen MR) is 150 cm³/mol. The van der Waals surface area contributed by atoms with E-state index in [0.29, 0.717) is 13.6 Å². The molecule has 2 aromatic heterocycles. The summed E-state index contributed by atoms with van der Waals surface area (Å²) < 4.78 is 77.8. The van der Waals surface area contributed by atoms with E-state index in [-0.39, 0.29) is 30.7 Å². The fraction of sp³-hybridized carbons (Fsp3) is 0.200. The maximum absolute atomic E-state index is 14.5. The number of nitrogens with one attached hydrogen (secondary N) is 2. The van der Waals surface area contributed by atoms with Gasteiger partial charge in [-0.15, -0.1) is 23.1 Å². The molecule has 0 saturated carbocycles. The van der Waals surface area contributed by atoms with Gasteiger partial charge in [-0.05, 0) is 37.4 Å². The van der Waals surface area contributed by atoms with Crippen molar-refractivity contribution in [1.29, 1.82) is 5.41 Å². The summed E-state index contributed by atoms with van der Waals surface area (Å²) in [6, 6.07) is 7.87. The number of nitrogens with two attached hydrogens (primary N) is 1. The number of aromatic nitrogens is 1. The van der Waals surface area contributed by atoms with E-state index in [2.05, 4.69) is 30.0 Å². The Morgan fingerprint density at radius 2 is 1.82 bits per heavy atom. The Balaban J connectivity index is 0.000000708. The SMILES string of the molecule is CSc1sc(C(=N)N)cc1S(=O)(=NS(=O)(=O)c1sc(NC(C)=O)nc1C)c1cccc(Br)c1.O=C(O)C(F)(F)F. The highest BCUT2D eigenvalue weighted by molar-refractivity contribution is 9.10. The average Bonchev–Trinajstić information content (AvgIpc) is 3.42. The van der Waals surface area contributed by atoms with Gasteiger partial charge in [-0.1, -0.05) is 37.1 Å². The lowest BCUT2D eigenvalue weighted by molar-refractivity contribution is -0.192. The molecular formula is C20H19BrF3N5O6S5. The Labute approximate surface area is 247 Å². The summed E-state index contributed by atoms with van der Waals surface area (Å²) in [5, 5.41) is 17.4. The zero-order valence-corrected chi connectivity index (χ0v) is 26.1. The molecule has 1 atom stereocenters. The van der Waals surface area contributed by atoms with Crippen LogP contribution in [0.4, 0.5) is 18.3 Å². The third kappa shape index (κ3) is 8.26. The Kier molecular flexibility index (Phi) is 10.9. The molecule has 0 fully saturated rings. The number of aryl methyl sites for hydroxylation is 1. The number of thiophene rings is 1. The number of amides is 1. The number of sulfonamides is 1. The molecule has 1 unspecified atom stereocenters.